The predicted molar refractivity (Wildman–Crippen MR) is 552 cm³/mol. The van der Waals surface area contributed by atoms with Crippen molar-refractivity contribution in [2.75, 3.05) is 120 Å². The number of nitrogens with zero attached hydrogens (tertiary/aromatic N) is 17. The quantitative estimate of drug-likeness (QED) is 0.0396. The number of piperazine rings is 2. The Balaban J connectivity index is 0.000000145. The number of aryl methyl sites for hydroxylation is 2. The fraction of sp³-hybridized carbons (Fsp3) is 0.476. The number of pyridine rings is 7. The SMILES string of the molecule is C.C.CC1(C)Cc2cc3n(c2C1)CCN(c1nccc(Cl)c1C(=O)O)C3=O.CC1(C)Cc2cc3n(c2C1)CCN(c1nccc(Cl)c1C=O)C3=O.CC=C(C)C.C[C@H]1CN(C2COC2)CCN1c1ccc(Nc2cc(-c3ccnc(N4CCn5c(cc6c5CC(C)(C)C6)C4=O)c3C(=O)O)cn(C)c2=O)nc1.C[C@H]1CN(C2COC2)CCN1c1ccc(Nc2cc(B3OC(C)(C)C(C)(C)O3)cn(C)c2=O)nc1. The Bertz CT molecular complexity index is 6610. The van der Waals surface area contributed by atoms with Gasteiger partial charge in [0.25, 0.3) is 28.8 Å². The maximum Gasteiger partial charge on any atom is 0.496 e. The van der Waals surface area contributed by atoms with E-state index in [1.807, 2.05) is 83.4 Å². The number of rotatable bonds is 16. The lowest BCUT2D eigenvalue weighted by Gasteiger charge is -2.46. The van der Waals surface area contributed by atoms with Crippen molar-refractivity contribution < 1.29 is 57.8 Å². The number of hydrogen-bond acceptors (Lipinski definition) is 23. The molecule has 0 bridgehead atoms. The Morgan fingerprint density at radius 1 is 0.489 bits per heavy atom. The third-order valence-corrected chi connectivity index (χ3v) is 29.6. The fourth-order valence-corrected chi connectivity index (χ4v) is 21.1. The Hall–Kier alpha value is -12.1. The summed E-state index contributed by atoms with van der Waals surface area (Å²) < 4.78 is 32.4. The average molecular weight is 1970 g/mol. The lowest BCUT2D eigenvalue weighted by molar-refractivity contribution is -0.0691. The van der Waals surface area contributed by atoms with Gasteiger partial charge in [0, 0.05) is 169 Å². The summed E-state index contributed by atoms with van der Waals surface area (Å²) in [5.41, 5.74) is 14.3. The van der Waals surface area contributed by atoms with E-state index in [4.69, 9.17) is 42.0 Å². The third-order valence-electron chi connectivity index (χ3n) is 29.0. The number of aldehydes is 1. The van der Waals surface area contributed by atoms with Gasteiger partial charge in [-0.15, -0.1) is 0 Å². The highest BCUT2D eigenvalue weighted by Gasteiger charge is 2.53. The summed E-state index contributed by atoms with van der Waals surface area (Å²) in [5.74, 6) is -1.36. The van der Waals surface area contributed by atoms with Crippen LogP contribution in [-0.4, -0.2) is 232 Å². The van der Waals surface area contributed by atoms with E-state index in [-0.39, 0.29) is 99.0 Å². The maximum atomic E-state index is 13.9. The zero-order valence-electron chi connectivity index (χ0n) is 82.2. The molecule has 5 fully saturated rings. The molecule has 3 aliphatic carbocycles. The van der Waals surface area contributed by atoms with E-state index in [1.54, 1.807) is 60.2 Å². The summed E-state index contributed by atoms with van der Waals surface area (Å²) in [6.07, 6.45) is 19.9. The predicted octanol–water partition coefficient (Wildman–Crippen LogP) is 14.9. The van der Waals surface area contributed by atoms with Crippen LogP contribution < -0.4 is 51.7 Å². The Kier molecular flexibility index (Phi) is 29.8. The molecule has 0 radical (unpaired) electrons. The number of carbonyl (C=O) groups excluding carboxylic acids is 4. The first-order valence-electron chi connectivity index (χ1n) is 47.8. The highest BCUT2D eigenvalue weighted by Crippen LogP contribution is 2.46. The molecule has 0 aromatic carbocycles. The van der Waals surface area contributed by atoms with Crippen LogP contribution >= 0.6 is 23.2 Å². The lowest BCUT2D eigenvalue weighted by atomic mass is 9.80. The van der Waals surface area contributed by atoms with Gasteiger partial charge in [-0.25, -0.2) is 34.5 Å². The molecule has 18 heterocycles. The van der Waals surface area contributed by atoms with E-state index >= 15 is 0 Å². The first kappa shape index (κ1) is 103. The van der Waals surface area contributed by atoms with Gasteiger partial charge in [0.05, 0.1) is 89.1 Å². The molecule has 10 aromatic rings. The van der Waals surface area contributed by atoms with Gasteiger partial charge in [-0.2, -0.15) is 0 Å². The van der Waals surface area contributed by atoms with Crippen molar-refractivity contribution in [1.82, 2.24) is 57.6 Å². The van der Waals surface area contributed by atoms with Gasteiger partial charge in [-0.05, 0) is 207 Å². The minimum absolute atomic E-state index is 0. The van der Waals surface area contributed by atoms with Crippen molar-refractivity contribution in [1.29, 1.82) is 0 Å². The van der Waals surface area contributed by atoms with Gasteiger partial charge in [0.15, 0.2) is 17.9 Å². The highest BCUT2D eigenvalue weighted by atomic mass is 35.5. The minimum atomic E-state index is -1.21. The van der Waals surface area contributed by atoms with Crippen LogP contribution in [0.5, 0.6) is 0 Å². The molecule has 0 spiro atoms. The number of nitrogens with one attached hydrogen (secondary N) is 2. The summed E-state index contributed by atoms with van der Waals surface area (Å²) in [6, 6.07) is 23.6. The van der Waals surface area contributed by atoms with Gasteiger partial charge in [-0.1, -0.05) is 91.2 Å². The van der Waals surface area contributed by atoms with E-state index < -0.39 is 30.3 Å². The number of halogens is 2. The van der Waals surface area contributed by atoms with Gasteiger partial charge in [0.2, 0.25) is 0 Å². The van der Waals surface area contributed by atoms with Crippen molar-refractivity contribution in [2.24, 2.45) is 30.3 Å². The van der Waals surface area contributed by atoms with Crippen LogP contribution in [-0.2, 0) is 91.0 Å². The molecule has 4 N–H and O–H groups in total. The minimum Gasteiger partial charge on any atom is -0.478 e. The number of anilines is 9. The molecule has 33 nitrogen and oxygen atoms in total. The average Bonchev–Trinajstić information content (AvgIpc) is 1.63. The zero-order valence-corrected chi connectivity index (χ0v) is 83.7. The lowest BCUT2D eigenvalue weighted by Crippen LogP contribution is -2.59. The topological polar surface area (TPSA) is 350 Å². The zero-order chi connectivity index (χ0) is 99.1. The number of ether oxygens (including phenoxy) is 2. The number of carbonyl (C=O) groups is 6. The summed E-state index contributed by atoms with van der Waals surface area (Å²) in [4.78, 5) is 138. The maximum absolute atomic E-state index is 13.9. The van der Waals surface area contributed by atoms with Crippen LogP contribution in [0, 0.1) is 16.2 Å². The van der Waals surface area contributed by atoms with Gasteiger partial charge < -0.3 is 72.3 Å². The van der Waals surface area contributed by atoms with E-state index in [0.717, 1.165) is 121 Å². The number of hydrogen-bond donors (Lipinski definition) is 4. The molecule has 3 amide bonds. The van der Waals surface area contributed by atoms with Crippen LogP contribution in [0.15, 0.2) is 137 Å². The third kappa shape index (κ3) is 20.8. The molecule has 2 atom stereocenters. The van der Waals surface area contributed by atoms with E-state index in [2.05, 4.69) is 150 Å². The van der Waals surface area contributed by atoms with Crippen molar-refractivity contribution in [3.05, 3.63) is 226 Å². The van der Waals surface area contributed by atoms with Crippen molar-refractivity contribution >= 4 is 124 Å². The second-order valence-electron chi connectivity index (χ2n) is 41.8. The molecule has 21 rings (SSSR count). The first-order chi connectivity index (χ1) is 66.0. The molecule has 11 aliphatic rings. The highest BCUT2D eigenvalue weighted by molar-refractivity contribution is 6.62. The second kappa shape index (κ2) is 40.7. The number of aromatic nitrogens is 10. The molecule has 5 saturated heterocycles. The largest absolute Gasteiger partial charge is 0.496 e. The molecular weight excluding hydrogens is 1830 g/mol. The van der Waals surface area contributed by atoms with Crippen molar-refractivity contribution in [3.8, 4) is 11.1 Å². The number of fused-ring (bicyclic) bond motifs is 9. The van der Waals surface area contributed by atoms with Crippen LogP contribution in [0.2, 0.25) is 10.0 Å². The Morgan fingerprint density at radius 2 is 0.879 bits per heavy atom. The number of carboxylic acids is 2. The smallest absolute Gasteiger partial charge is 0.478 e. The molecule has 8 aliphatic heterocycles. The summed E-state index contributed by atoms with van der Waals surface area (Å²) in [5, 5.41) is 26.7. The molecule has 36 heteroatoms. The number of allylic oxidation sites excluding steroid dienone is 2. The molecule has 0 saturated carbocycles. The molecule has 748 valence electrons. The molecule has 141 heavy (non-hydrogen) atoms. The van der Waals surface area contributed by atoms with Crippen LogP contribution in [0.4, 0.5) is 51.8 Å². The number of amides is 3. The van der Waals surface area contributed by atoms with E-state index in [1.165, 1.54) is 78.4 Å². The summed E-state index contributed by atoms with van der Waals surface area (Å²) in [7, 11) is 2.81. The van der Waals surface area contributed by atoms with Gasteiger partial charge in [-0.3, -0.25) is 53.3 Å². The summed E-state index contributed by atoms with van der Waals surface area (Å²) in [6.45, 7) is 44.4. The standard InChI is InChI=1S/C37H42N8O5.C25H36BN5O4.C18H18ClN3O3.C18H18ClN3O2.C5H10.2CH4/c1-22-18-42(26-20-50-21-26)9-10-43(22)25-5-6-31(39-17-25)40-28-13-24(19-41(4)34(28)46)27-7-8-38-33(32(27)36(48)49)45-12-11-44-29(35(45)47)14-23-15-37(2,3)16-30(23)44;1-17-13-30(20-15-33-16-20)9-10-31(17)19-7-8-22(27-12-19)28-21-11-18(14-29(6)23(21)32)26-34-24(2,3)25(4,5)35-26;1-18(2)8-10-7-12-16(23)22(6-5-21(12)13(10)9-18)15-14(17(24)25)11(19)3-4-20-15;1-18(2)8-11-7-14-17(24)22(6-5-21(14)15(11)9-18)16-12(10-23)13(19)3-4-20-16;1-4-5(2)3;;/h5-8,13-14,17,19,22,26H,9-12,15-16,18,20-21H2,1-4H3,(H,39,40)(H,48,49);7-8,11-12,14,17,20H,9-10,13,15-16H2,1-6H3,(H,27,28);3-4,7H,5-6,8-9H2,1-2H3,(H,24,25);3-4,7,10H,5-6,8-9H2,1-2H3;4H,1-3H3;2*1H4/t22-;17-;;;;;/m00...../s1. The number of aromatic carboxylic acids is 2. The second-order valence-corrected chi connectivity index (χ2v) is 42.6. The van der Waals surface area contributed by atoms with Crippen LogP contribution in [0.3, 0.4) is 0 Å². The first-order valence-corrected chi connectivity index (χ1v) is 48.5. The molecule has 10 aromatic heterocycles. The van der Waals surface area contributed by atoms with Crippen LogP contribution in [0.25, 0.3) is 11.1 Å². The Morgan fingerprint density at radius 3 is 1.26 bits per heavy atom. The van der Waals surface area contributed by atoms with Gasteiger partial charge >= 0.3 is 19.1 Å². The summed E-state index contributed by atoms with van der Waals surface area (Å²) >= 11 is 12.1. The molecule has 0 unspecified atom stereocenters. The molecular formula is C105H132BCl2N19O14. The fourth-order valence-electron chi connectivity index (χ4n) is 20.7. The monoisotopic (exact) mass is 1960 g/mol. The Labute approximate surface area is 834 Å². The van der Waals surface area contributed by atoms with Gasteiger partial charge in [0.1, 0.15) is 57.0 Å². The van der Waals surface area contributed by atoms with Crippen molar-refractivity contribution in [2.45, 2.75) is 212 Å². The normalized spacial score (nSPS) is 19.9. The van der Waals surface area contributed by atoms with E-state index in [0.29, 0.717) is 126 Å². The van der Waals surface area contributed by atoms with Crippen molar-refractivity contribution in [3.63, 3.8) is 0 Å². The number of carboxylic acid groups (broad SMARTS) is 2. The van der Waals surface area contributed by atoms with E-state index in [9.17, 15) is 48.6 Å². The van der Waals surface area contributed by atoms with Crippen LogP contribution in [0.1, 0.15) is 215 Å².